The fraction of sp³-hybridized carbons (Fsp3) is 0.769. The third-order valence-corrected chi connectivity index (χ3v) is 3.18. The van der Waals surface area contributed by atoms with Crippen molar-refractivity contribution in [3.8, 4) is 0 Å². The van der Waals surface area contributed by atoms with Gasteiger partial charge in [-0.25, -0.2) is 0 Å². The summed E-state index contributed by atoms with van der Waals surface area (Å²) in [4.78, 5) is 11.5. The summed E-state index contributed by atoms with van der Waals surface area (Å²) in [7, 11) is 0. The van der Waals surface area contributed by atoms with Crippen LogP contribution in [0.3, 0.4) is 0 Å². The van der Waals surface area contributed by atoms with Gasteiger partial charge in [-0.2, -0.15) is 0 Å². The van der Waals surface area contributed by atoms with Crippen LogP contribution in [-0.4, -0.2) is 18.5 Å². The van der Waals surface area contributed by atoms with Crippen molar-refractivity contribution in [3.05, 3.63) is 11.6 Å². The van der Waals surface area contributed by atoms with Crippen LogP contribution in [0.15, 0.2) is 11.6 Å². The molecule has 16 heavy (non-hydrogen) atoms. The van der Waals surface area contributed by atoms with E-state index in [1.165, 1.54) is 24.8 Å². The van der Waals surface area contributed by atoms with Crippen molar-refractivity contribution in [2.45, 2.75) is 52.0 Å². The van der Waals surface area contributed by atoms with Crippen molar-refractivity contribution in [2.75, 3.05) is 6.54 Å². The van der Waals surface area contributed by atoms with Gasteiger partial charge in [0.15, 0.2) is 0 Å². The molecule has 1 unspecified atom stereocenters. The molecule has 0 saturated carbocycles. The highest BCUT2D eigenvalue weighted by molar-refractivity contribution is 5.76. The molecule has 0 aromatic carbocycles. The van der Waals surface area contributed by atoms with Gasteiger partial charge in [-0.3, -0.25) is 4.79 Å². The molecule has 0 radical (unpaired) electrons. The fourth-order valence-electron chi connectivity index (χ4n) is 1.85. The van der Waals surface area contributed by atoms with Gasteiger partial charge in [0.25, 0.3) is 0 Å². The Bertz CT molecular complexity index is 259. The number of rotatable bonds is 6. The van der Waals surface area contributed by atoms with Gasteiger partial charge in [0.1, 0.15) is 0 Å². The Morgan fingerprint density at radius 3 is 2.88 bits per heavy atom. The lowest BCUT2D eigenvalue weighted by molar-refractivity contribution is -0.121. The van der Waals surface area contributed by atoms with Crippen molar-refractivity contribution >= 4 is 5.91 Å². The van der Waals surface area contributed by atoms with Gasteiger partial charge in [0, 0.05) is 19.0 Å². The summed E-state index contributed by atoms with van der Waals surface area (Å²) in [6, 6.07) is -0.0225. The molecule has 3 N–H and O–H groups in total. The highest BCUT2D eigenvalue weighted by Crippen LogP contribution is 2.19. The van der Waals surface area contributed by atoms with Crippen molar-refractivity contribution in [1.82, 2.24) is 5.32 Å². The number of amides is 1. The Labute approximate surface area is 98.5 Å². The zero-order valence-electron chi connectivity index (χ0n) is 10.5. The van der Waals surface area contributed by atoms with Gasteiger partial charge in [-0.05, 0) is 31.6 Å². The van der Waals surface area contributed by atoms with E-state index < -0.39 is 0 Å². The van der Waals surface area contributed by atoms with Crippen molar-refractivity contribution in [1.29, 1.82) is 0 Å². The summed E-state index contributed by atoms with van der Waals surface area (Å²) in [5.74, 6) is 0.447. The molecule has 0 spiro atoms. The molecule has 92 valence electrons. The molecule has 0 aromatic heterocycles. The maximum atomic E-state index is 11.5. The summed E-state index contributed by atoms with van der Waals surface area (Å²) >= 11 is 0. The van der Waals surface area contributed by atoms with Gasteiger partial charge in [0.2, 0.25) is 5.91 Å². The normalized spacial score (nSPS) is 17.4. The lowest BCUT2D eigenvalue weighted by Crippen LogP contribution is -2.35. The molecular weight excluding hydrogens is 200 g/mol. The van der Waals surface area contributed by atoms with Gasteiger partial charge in [0.05, 0.1) is 0 Å². The number of nitrogens with one attached hydrogen (secondary N) is 1. The van der Waals surface area contributed by atoms with Gasteiger partial charge in [-0.15, -0.1) is 0 Å². The van der Waals surface area contributed by atoms with Crippen molar-refractivity contribution in [2.24, 2.45) is 11.7 Å². The molecule has 0 saturated heterocycles. The molecular formula is C13H24N2O. The van der Waals surface area contributed by atoms with Crippen LogP contribution >= 0.6 is 0 Å². The minimum absolute atomic E-state index is 0.0225. The van der Waals surface area contributed by atoms with Crippen LogP contribution < -0.4 is 11.1 Å². The second-order valence-corrected chi connectivity index (χ2v) is 4.97. The molecule has 0 bridgehead atoms. The Kier molecular flexibility index (Phi) is 5.53. The van der Waals surface area contributed by atoms with E-state index in [1.54, 1.807) is 0 Å². The highest BCUT2D eigenvalue weighted by atomic mass is 16.1. The predicted molar refractivity (Wildman–Crippen MR) is 67.0 cm³/mol. The molecule has 1 aliphatic carbocycles. The topological polar surface area (TPSA) is 55.1 Å². The first-order valence-electron chi connectivity index (χ1n) is 6.29. The molecule has 0 heterocycles. The zero-order valence-corrected chi connectivity index (χ0v) is 10.5. The third-order valence-electron chi connectivity index (χ3n) is 3.18. The SMILES string of the molecule is CC(C)C(N)CC(=O)NCCC1=CCCC1. The molecule has 0 fully saturated rings. The first-order valence-corrected chi connectivity index (χ1v) is 6.29. The second-order valence-electron chi connectivity index (χ2n) is 4.97. The molecule has 3 heteroatoms. The minimum Gasteiger partial charge on any atom is -0.356 e. The van der Waals surface area contributed by atoms with Crippen LogP contribution in [0.2, 0.25) is 0 Å². The molecule has 1 amide bonds. The van der Waals surface area contributed by atoms with Crippen LogP contribution in [0, 0.1) is 5.92 Å². The van der Waals surface area contributed by atoms with E-state index in [0.29, 0.717) is 12.3 Å². The fourth-order valence-corrected chi connectivity index (χ4v) is 1.85. The summed E-state index contributed by atoms with van der Waals surface area (Å²) in [6.45, 7) is 4.85. The van der Waals surface area contributed by atoms with Gasteiger partial charge in [-0.1, -0.05) is 25.5 Å². The maximum Gasteiger partial charge on any atom is 0.221 e. The van der Waals surface area contributed by atoms with Crippen LogP contribution in [0.5, 0.6) is 0 Å². The summed E-state index contributed by atoms with van der Waals surface area (Å²) < 4.78 is 0. The van der Waals surface area contributed by atoms with Crippen molar-refractivity contribution < 1.29 is 4.79 Å². The van der Waals surface area contributed by atoms with E-state index in [0.717, 1.165) is 13.0 Å². The number of hydrogen-bond donors (Lipinski definition) is 2. The Hall–Kier alpha value is -0.830. The Morgan fingerprint density at radius 1 is 1.56 bits per heavy atom. The number of carbonyl (C=O) groups excluding carboxylic acids is 1. The quantitative estimate of drug-likeness (QED) is 0.678. The molecule has 1 rings (SSSR count). The Morgan fingerprint density at radius 2 is 2.31 bits per heavy atom. The van der Waals surface area contributed by atoms with E-state index >= 15 is 0 Å². The van der Waals surface area contributed by atoms with Crippen molar-refractivity contribution in [3.63, 3.8) is 0 Å². The predicted octanol–water partition coefficient (Wildman–Crippen LogP) is 1.98. The standard InChI is InChI=1S/C13H24N2O/c1-10(2)12(14)9-13(16)15-8-7-11-5-3-4-6-11/h5,10,12H,3-4,6-9,14H2,1-2H3,(H,15,16). The lowest BCUT2D eigenvalue weighted by atomic mass is 10.0. The first kappa shape index (κ1) is 13.2. The highest BCUT2D eigenvalue weighted by Gasteiger charge is 2.12. The Balaban J connectivity index is 2.10. The molecule has 1 aliphatic rings. The van der Waals surface area contributed by atoms with Crippen LogP contribution in [0.4, 0.5) is 0 Å². The lowest BCUT2D eigenvalue weighted by Gasteiger charge is -2.15. The summed E-state index contributed by atoms with van der Waals surface area (Å²) in [6.07, 6.45) is 7.44. The zero-order chi connectivity index (χ0) is 12.0. The van der Waals surface area contributed by atoms with E-state index in [-0.39, 0.29) is 11.9 Å². The summed E-state index contributed by atoms with van der Waals surface area (Å²) in [5.41, 5.74) is 7.33. The first-order chi connectivity index (χ1) is 7.59. The monoisotopic (exact) mass is 224 g/mol. The minimum atomic E-state index is -0.0225. The second kappa shape index (κ2) is 6.69. The van der Waals surface area contributed by atoms with Crippen LogP contribution in [-0.2, 0) is 4.79 Å². The van der Waals surface area contributed by atoms with Gasteiger partial charge >= 0.3 is 0 Å². The number of hydrogen-bond acceptors (Lipinski definition) is 2. The average molecular weight is 224 g/mol. The van der Waals surface area contributed by atoms with E-state index in [9.17, 15) is 4.79 Å². The number of carbonyl (C=O) groups is 1. The number of nitrogens with two attached hydrogens (primary N) is 1. The maximum absolute atomic E-state index is 11.5. The smallest absolute Gasteiger partial charge is 0.221 e. The van der Waals surface area contributed by atoms with Crippen LogP contribution in [0.25, 0.3) is 0 Å². The van der Waals surface area contributed by atoms with E-state index in [1.807, 2.05) is 13.8 Å². The van der Waals surface area contributed by atoms with E-state index in [2.05, 4.69) is 11.4 Å². The van der Waals surface area contributed by atoms with E-state index in [4.69, 9.17) is 5.73 Å². The summed E-state index contributed by atoms with van der Waals surface area (Å²) in [5, 5.41) is 2.94. The largest absolute Gasteiger partial charge is 0.356 e. The molecule has 3 nitrogen and oxygen atoms in total. The third kappa shape index (κ3) is 4.79. The van der Waals surface area contributed by atoms with Gasteiger partial charge < -0.3 is 11.1 Å². The molecule has 1 atom stereocenters. The molecule has 0 aliphatic heterocycles. The average Bonchev–Trinajstić information content (AvgIpc) is 2.70. The van der Waals surface area contributed by atoms with Crippen LogP contribution in [0.1, 0.15) is 46.0 Å². The molecule has 0 aromatic rings. The number of allylic oxidation sites excluding steroid dienone is 1.